The molecule has 1 fully saturated rings. The first kappa shape index (κ1) is 15.1. The van der Waals surface area contributed by atoms with E-state index < -0.39 is 29.7 Å². The van der Waals surface area contributed by atoms with Crippen molar-refractivity contribution in [2.24, 2.45) is 5.92 Å². The highest BCUT2D eigenvalue weighted by atomic mass is 19.4. The van der Waals surface area contributed by atoms with Crippen LogP contribution in [0.4, 0.5) is 23.7 Å². The number of hydrogen-bond donors (Lipinski definition) is 2. The third kappa shape index (κ3) is 3.26. The van der Waals surface area contributed by atoms with Crippen molar-refractivity contribution in [3.8, 4) is 0 Å². The minimum absolute atomic E-state index is 0.0547. The van der Waals surface area contributed by atoms with Crippen LogP contribution >= 0.6 is 0 Å². The maximum Gasteiger partial charge on any atom is 0.416 e. The first-order valence-electron chi connectivity index (χ1n) is 6.15. The second-order valence-electron chi connectivity index (χ2n) is 4.90. The van der Waals surface area contributed by atoms with Gasteiger partial charge in [0.05, 0.1) is 11.5 Å². The zero-order chi connectivity index (χ0) is 15.8. The maximum absolute atomic E-state index is 12.6. The Balaban J connectivity index is 2.06. The number of nitrogens with zero attached hydrogens (tertiary/aromatic N) is 1. The molecule has 2 amide bonds. The molecule has 0 bridgehead atoms. The normalized spacial score (nSPS) is 15.5. The molecule has 1 aromatic carbocycles. The smallest absolute Gasteiger partial charge is 0.416 e. The van der Waals surface area contributed by atoms with Crippen molar-refractivity contribution in [3.05, 3.63) is 29.3 Å². The molecule has 0 unspecified atom stereocenters. The van der Waals surface area contributed by atoms with E-state index in [0.717, 1.165) is 12.1 Å². The zero-order valence-electron chi connectivity index (χ0n) is 11.1. The highest BCUT2D eigenvalue weighted by molar-refractivity contribution is 5.91. The van der Waals surface area contributed by atoms with Gasteiger partial charge in [-0.15, -0.1) is 0 Å². The van der Waals surface area contributed by atoms with E-state index in [1.165, 1.54) is 11.0 Å². The Hall–Kier alpha value is -2.25. The summed E-state index contributed by atoms with van der Waals surface area (Å²) >= 11 is 0. The van der Waals surface area contributed by atoms with Crippen LogP contribution in [0.1, 0.15) is 11.1 Å². The van der Waals surface area contributed by atoms with E-state index in [1.54, 1.807) is 6.92 Å². The Morgan fingerprint density at radius 1 is 1.33 bits per heavy atom. The van der Waals surface area contributed by atoms with Gasteiger partial charge in [0.15, 0.2) is 0 Å². The molecule has 114 valence electrons. The van der Waals surface area contributed by atoms with Gasteiger partial charge in [0.1, 0.15) is 0 Å². The predicted molar refractivity (Wildman–Crippen MR) is 67.9 cm³/mol. The molecule has 0 aliphatic carbocycles. The predicted octanol–water partition coefficient (Wildman–Crippen LogP) is 2.56. The lowest BCUT2D eigenvalue weighted by molar-refractivity contribution is -0.146. The molecule has 5 nitrogen and oxygen atoms in total. The van der Waals surface area contributed by atoms with Crippen LogP contribution in [-0.4, -0.2) is 35.1 Å². The van der Waals surface area contributed by atoms with Crippen LogP contribution in [0.25, 0.3) is 0 Å². The molecule has 1 heterocycles. The first-order chi connectivity index (χ1) is 9.68. The number of carbonyl (C=O) groups excluding carboxylic acids is 1. The highest BCUT2D eigenvalue weighted by Crippen LogP contribution is 2.32. The average molecular weight is 302 g/mol. The van der Waals surface area contributed by atoms with Crippen molar-refractivity contribution in [2.75, 3.05) is 18.4 Å². The number of rotatable bonds is 2. The average Bonchev–Trinajstić information content (AvgIpc) is 2.27. The molecule has 2 N–H and O–H groups in total. The van der Waals surface area contributed by atoms with Crippen molar-refractivity contribution < 1.29 is 27.9 Å². The summed E-state index contributed by atoms with van der Waals surface area (Å²) in [6.07, 6.45) is -4.49. The molecule has 1 saturated heterocycles. The molecule has 0 spiro atoms. The summed E-state index contributed by atoms with van der Waals surface area (Å²) in [6.45, 7) is 1.68. The fraction of sp³-hybridized carbons (Fsp3) is 0.385. The number of anilines is 1. The molecule has 0 aromatic heterocycles. The summed E-state index contributed by atoms with van der Waals surface area (Å²) in [7, 11) is 0. The molecule has 1 aromatic rings. The van der Waals surface area contributed by atoms with Gasteiger partial charge in [0, 0.05) is 18.8 Å². The molecule has 1 aliphatic heterocycles. The van der Waals surface area contributed by atoms with Gasteiger partial charge in [-0.3, -0.25) is 4.79 Å². The summed E-state index contributed by atoms with van der Waals surface area (Å²) in [5, 5.41) is 11.1. The fourth-order valence-corrected chi connectivity index (χ4v) is 1.93. The van der Waals surface area contributed by atoms with Gasteiger partial charge >= 0.3 is 18.2 Å². The number of carboxylic acid groups (broad SMARTS) is 1. The molecule has 21 heavy (non-hydrogen) atoms. The molecule has 2 rings (SSSR count). The third-order valence-electron chi connectivity index (χ3n) is 3.32. The highest BCUT2D eigenvalue weighted by Gasteiger charge is 2.36. The number of urea groups is 1. The topological polar surface area (TPSA) is 69.6 Å². The van der Waals surface area contributed by atoms with E-state index in [-0.39, 0.29) is 18.8 Å². The van der Waals surface area contributed by atoms with Crippen molar-refractivity contribution in [3.63, 3.8) is 0 Å². The summed E-state index contributed by atoms with van der Waals surface area (Å²) in [5.74, 6) is -1.60. The van der Waals surface area contributed by atoms with Gasteiger partial charge in [-0.2, -0.15) is 13.2 Å². The number of aliphatic carboxylic acids is 1. The van der Waals surface area contributed by atoms with E-state index in [1.807, 2.05) is 0 Å². The summed E-state index contributed by atoms with van der Waals surface area (Å²) < 4.78 is 37.9. The van der Waals surface area contributed by atoms with Gasteiger partial charge < -0.3 is 15.3 Å². The number of hydrogen-bond acceptors (Lipinski definition) is 2. The van der Waals surface area contributed by atoms with Gasteiger partial charge in [-0.25, -0.2) is 4.79 Å². The van der Waals surface area contributed by atoms with Gasteiger partial charge in [-0.1, -0.05) is 6.07 Å². The van der Waals surface area contributed by atoms with Gasteiger partial charge in [-0.05, 0) is 24.6 Å². The van der Waals surface area contributed by atoms with Crippen LogP contribution in [-0.2, 0) is 11.0 Å². The van der Waals surface area contributed by atoms with Crippen LogP contribution in [0.3, 0.4) is 0 Å². The number of likely N-dealkylation sites (tertiary alicyclic amines) is 1. The van der Waals surface area contributed by atoms with Crippen LogP contribution in [0.15, 0.2) is 18.2 Å². The lowest BCUT2D eigenvalue weighted by atomic mass is 10.0. The Labute approximate surface area is 118 Å². The van der Waals surface area contributed by atoms with Crippen LogP contribution in [0.5, 0.6) is 0 Å². The molecule has 0 radical (unpaired) electrons. The number of nitrogens with one attached hydrogen (secondary N) is 1. The number of benzene rings is 1. The Morgan fingerprint density at radius 2 is 1.95 bits per heavy atom. The molecular formula is C13H13F3N2O3. The van der Waals surface area contributed by atoms with Crippen LogP contribution in [0.2, 0.25) is 0 Å². The van der Waals surface area contributed by atoms with E-state index in [9.17, 15) is 22.8 Å². The van der Waals surface area contributed by atoms with Crippen molar-refractivity contribution in [1.29, 1.82) is 0 Å². The van der Waals surface area contributed by atoms with Gasteiger partial charge in [0.25, 0.3) is 0 Å². The standard InChI is InChI=1S/C13H13F3N2O3/c1-7-2-3-9(13(14,15)16)4-10(7)17-12(21)18-5-8(6-18)11(19)20/h2-4,8H,5-6H2,1H3,(H,17,21)(H,19,20). The second kappa shape index (κ2) is 5.27. The molecular weight excluding hydrogens is 289 g/mol. The third-order valence-corrected chi connectivity index (χ3v) is 3.32. The summed E-state index contributed by atoms with van der Waals surface area (Å²) in [5.41, 5.74) is -0.296. The first-order valence-corrected chi connectivity index (χ1v) is 6.15. The number of halogens is 3. The number of alkyl halides is 3. The largest absolute Gasteiger partial charge is 0.481 e. The lowest BCUT2D eigenvalue weighted by Crippen LogP contribution is -2.54. The van der Waals surface area contributed by atoms with E-state index in [0.29, 0.717) is 5.56 Å². The van der Waals surface area contributed by atoms with Crippen molar-refractivity contribution >= 4 is 17.7 Å². The van der Waals surface area contributed by atoms with E-state index in [2.05, 4.69) is 5.32 Å². The lowest BCUT2D eigenvalue weighted by Gasteiger charge is -2.36. The maximum atomic E-state index is 12.6. The molecule has 0 saturated carbocycles. The Kier molecular flexibility index (Phi) is 3.80. The number of carboxylic acids is 1. The van der Waals surface area contributed by atoms with Crippen LogP contribution in [0, 0.1) is 12.8 Å². The molecule has 8 heteroatoms. The summed E-state index contributed by atoms with van der Waals surface area (Å²) in [4.78, 5) is 23.7. The number of carbonyl (C=O) groups is 2. The SMILES string of the molecule is Cc1ccc(C(F)(F)F)cc1NC(=O)N1CC(C(=O)O)C1. The van der Waals surface area contributed by atoms with Crippen molar-refractivity contribution in [2.45, 2.75) is 13.1 Å². The quantitative estimate of drug-likeness (QED) is 0.882. The minimum atomic E-state index is -4.49. The van der Waals surface area contributed by atoms with Gasteiger partial charge in [0.2, 0.25) is 0 Å². The Morgan fingerprint density at radius 3 is 2.48 bits per heavy atom. The number of amides is 2. The Bertz CT molecular complexity index is 581. The second-order valence-corrected chi connectivity index (χ2v) is 4.90. The van der Waals surface area contributed by atoms with Crippen LogP contribution < -0.4 is 5.32 Å². The monoisotopic (exact) mass is 302 g/mol. The molecule has 1 aliphatic rings. The van der Waals surface area contributed by atoms with E-state index >= 15 is 0 Å². The number of aryl methyl sites for hydroxylation is 1. The van der Waals surface area contributed by atoms with Crippen molar-refractivity contribution in [1.82, 2.24) is 4.90 Å². The minimum Gasteiger partial charge on any atom is -0.481 e. The fourth-order valence-electron chi connectivity index (χ4n) is 1.93. The molecule has 0 atom stereocenters. The van der Waals surface area contributed by atoms with E-state index in [4.69, 9.17) is 5.11 Å². The summed E-state index contributed by atoms with van der Waals surface area (Å²) in [6, 6.07) is 2.47. The zero-order valence-corrected chi connectivity index (χ0v) is 11.1.